The van der Waals surface area contributed by atoms with Gasteiger partial charge in [-0.05, 0) is 95.4 Å². The first kappa shape index (κ1) is 32.0. The normalized spacial score (nSPS) is 11.6. The average Bonchev–Trinajstić information content (AvgIpc) is 3.61. The fourth-order valence-corrected chi connectivity index (χ4v) is 8.38. The summed E-state index contributed by atoms with van der Waals surface area (Å²) < 4.78 is 0. The molecule has 9 aromatic carbocycles. The van der Waals surface area contributed by atoms with E-state index >= 15 is 0 Å². The summed E-state index contributed by atoms with van der Waals surface area (Å²) in [6, 6.07) is 71.3. The Kier molecular flexibility index (Phi) is 7.49. The zero-order valence-corrected chi connectivity index (χ0v) is 30.4. The van der Waals surface area contributed by atoms with Crippen LogP contribution in [0, 0.1) is 0 Å². The minimum absolute atomic E-state index is 0.645. The molecule has 0 spiro atoms. The summed E-state index contributed by atoms with van der Waals surface area (Å²) in [4.78, 5) is 14.8. The second kappa shape index (κ2) is 13.1. The largest absolute Gasteiger partial charge is 0.208 e. The first-order valence-corrected chi connectivity index (χ1v) is 19.0. The van der Waals surface area contributed by atoms with Crippen molar-refractivity contribution < 1.29 is 0 Å². The lowest BCUT2D eigenvalue weighted by molar-refractivity contribution is 1.07. The number of fused-ring (bicyclic) bond motifs is 4. The summed E-state index contributed by atoms with van der Waals surface area (Å²) in [6.07, 6.45) is 0. The van der Waals surface area contributed by atoms with Gasteiger partial charge in [-0.3, -0.25) is 0 Å². The zero-order chi connectivity index (χ0) is 37.0. The van der Waals surface area contributed by atoms with Crippen LogP contribution in [-0.4, -0.2) is 15.0 Å². The third-order valence-electron chi connectivity index (χ3n) is 11.1. The molecule has 1 aliphatic rings. The number of nitrogens with zero attached hydrogens (tertiary/aromatic N) is 3. The first-order valence-electron chi connectivity index (χ1n) is 19.0. The van der Waals surface area contributed by atoms with Crippen LogP contribution < -0.4 is 0 Å². The van der Waals surface area contributed by atoms with E-state index in [0.717, 1.165) is 22.3 Å². The fraction of sp³-hybridized carbons (Fsp3) is 0. The maximum absolute atomic E-state index is 4.96. The summed E-state index contributed by atoms with van der Waals surface area (Å²) >= 11 is 0. The second-order valence-electron chi connectivity index (χ2n) is 14.4. The van der Waals surface area contributed by atoms with E-state index in [1.165, 1.54) is 71.6 Å². The maximum Gasteiger partial charge on any atom is 0.164 e. The molecule has 260 valence electrons. The highest BCUT2D eigenvalue weighted by atomic mass is 15.0. The van der Waals surface area contributed by atoms with Gasteiger partial charge in [0.2, 0.25) is 0 Å². The van der Waals surface area contributed by atoms with Crippen molar-refractivity contribution in [2.24, 2.45) is 0 Å². The fourth-order valence-electron chi connectivity index (χ4n) is 8.38. The summed E-state index contributed by atoms with van der Waals surface area (Å²) in [7, 11) is 0. The summed E-state index contributed by atoms with van der Waals surface area (Å²) in [5.74, 6) is 1.95. The van der Waals surface area contributed by atoms with Gasteiger partial charge in [0.25, 0.3) is 0 Å². The lowest BCUT2D eigenvalue weighted by atomic mass is 9.90. The van der Waals surface area contributed by atoms with Crippen molar-refractivity contribution in [3.63, 3.8) is 0 Å². The molecule has 11 rings (SSSR count). The number of aromatic nitrogens is 3. The van der Waals surface area contributed by atoms with Crippen molar-refractivity contribution in [3.8, 4) is 89.8 Å². The maximum atomic E-state index is 4.96. The molecule has 10 aromatic rings. The van der Waals surface area contributed by atoms with E-state index in [2.05, 4.69) is 140 Å². The monoisotopic (exact) mass is 711 g/mol. The Balaban J connectivity index is 0.991. The molecule has 0 N–H and O–H groups in total. The van der Waals surface area contributed by atoms with E-state index in [0.29, 0.717) is 17.5 Å². The van der Waals surface area contributed by atoms with Crippen molar-refractivity contribution in [1.82, 2.24) is 15.0 Å². The molecule has 3 nitrogen and oxygen atoms in total. The molecule has 56 heavy (non-hydrogen) atoms. The molecule has 0 unspecified atom stereocenters. The van der Waals surface area contributed by atoms with Crippen molar-refractivity contribution in [2.45, 2.75) is 0 Å². The van der Waals surface area contributed by atoms with Crippen LogP contribution in [0.2, 0.25) is 0 Å². The van der Waals surface area contributed by atoms with Gasteiger partial charge in [0.15, 0.2) is 17.5 Å². The van der Waals surface area contributed by atoms with Crippen molar-refractivity contribution in [2.75, 3.05) is 0 Å². The van der Waals surface area contributed by atoms with E-state index in [9.17, 15) is 0 Å². The van der Waals surface area contributed by atoms with Crippen molar-refractivity contribution in [3.05, 3.63) is 200 Å². The third-order valence-corrected chi connectivity index (χ3v) is 11.1. The quantitative estimate of drug-likeness (QED) is 0.172. The van der Waals surface area contributed by atoms with Gasteiger partial charge in [-0.2, -0.15) is 0 Å². The van der Waals surface area contributed by atoms with E-state index < -0.39 is 0 Å². The smallest absolute Gasteiger partial charge is 0.164 e. The molecule has 0 saturated heterocycles. The zero-order valence-electron chi connectivity index (χ0n) is 30.4. The van der Waals surface area contributed by atoms with Crippen LogP contribution in [0.25, 0.3) is 111 Å². The van der Waals surface area contributed by atoms with Gasteiger partial charge in [0.1, 0.15) is 0 Å². The Bertz CT molecular complexity index is 3030. The number of hydrogen-bond donors (Lipinski definition) is 0. The topological polar surface area (TPSA) is 38.7 Å². The Hall–Kier alpha value is -7.49. The first-order chi connectivity index (χ1) is 27.7. The molecule has 0 atom stereocenters. The predicted octanol–water partition coefficient (Wildman–Crippen LogP) is 13.8. The van der Waals surface area contributed by atoms with E-state index in [-0.39, 0.29) is 0 Å². The molecule has 1 heterocycles. The Morgan fingerprint density at radius 3 is 1.41 bits per heavy atom. The van der Waals surface area contributed by atoms with Gasteiger partial charge in [-0.1, -0.05) is 182 Å². The minimum Gasteiger partial charge on any atom is -0.208 e. The SMILES string of the molecule is c1ccc(-c2nc(-c3ccccc3)nc(-c3ccc(-c4cc(-c5cccc(-c6ccc7c8c(cccc68)-c6ccccc6-7)c5)cc5ccccc45)cc3)n2)cc1. The van der Waals surface area contributed by atoms with Crippen molar-refractivity contribution in [1.29, 1.82) is 0 Å². The molecule has 0 saturated carbocycles. The van der Waals surface area contributed by atoms with Gasteiger partial charge >= 0.3 is 0 Å². The molecule has 0 fully saturated rings. The van der Waals surface area contributed by atoms with Crippen LogP contribution in [0.4, 0.5) is 0 Å². The summed E-state index contributed by atoms with van der Waals surface area (Å²) in [6.45, 7) is 0. The van der Waals surface area contributed by atoms with Crippen LogP contribution in [0.5, 0.6) is 0 Å². The van der Waals surface area contributed by atoms with Crippen molar-refractivity contribution >= 4 is 21.5 Å². The number of benzene rings is 9. The third kappa shape index (κ3) is 5.40. The second-order valence-corrected chi connectivity index (χ2v) is 14.4. The molecule has 0 radical (unpaired) electrons. The lowest BCUT2D eigenvalue weighted by Crippen LogP contribution is -2.00. The lowest BCUT2D eigenvalue weighted by Gasteiger charge is -2.14. The number of hydrogen-bond acceptors (Lipinski definition) is 3. The van der Waals surface area contributed by atoms with E-state index in [4.69, 9.17) is 15.0 Å². The van der Waals surface area contributed by atoms with Gasteiger partial charge in [0.05, 0.1) is 0 Å². The van der Waals surface area contributed by atoms with Gasteiger partial charge in [-0.25, -0.2) is 15.0 Å². The van der Waals surface area contributed by atoms with Gasteiger partial charge < -0.3 is 0 Å². The highest BCUT2D eigenvalue weighted by Gasteiger charge is 2.22. The van der Waals surface area contributed by atoms with Gasteiger partial charge in [0, 0.05) is 16.7 Å². The van der Waals surface area contributed by atoms with Crippen LogP contribution in [0.1, 0.15) is 0 Å². The summed E-state index contributed by atoms with van der Waals surface area (Å²) in [5.41, 5.74) is 15.3. The number of rotatable bonds is 6. The molecule has 0 aliphatic heterocycles. The molecule has 0 amide bonds. The molecular formula is C53H33N3. The van der Waals surface area contributed by atoms with Crippen LogP contribution in [-0.2, 0) is 0 Å². The highest BCUT2D eigenvalue weighted by molar-refractivity contribution is 6.18. The standard InChI is InChI=1S/C53H33N3/c1-3-13-35(14-4-1)51-54-52(36-15-5-2-6-16-36)56-53(55-51)37-27-25-34(26-28-37)49-33-41(32-39-17-7-8-20-42(39)49)38-18-11-19-40(31-38)43-29-30-48-45-22-10-9-21-44(45)47-24-12-23-46(43)50(47)48/h1-33H. The highest BCUT2D eigenvalue weighted by Crippen LogP contribution is 2.49. The molecular weight excluding hydrogens is 679 g/mol. The van der Waals surface area contributed by atoms with E-state index in [1.54, 1.807) is 0 Å². The molecule has 0 bridgehead atoms. The Labute approximate surface area is 325 Å². The average molecular weight is 712 g/mol. The van der Waals surface area contributed by atoms with E-state index in [1.807, 2.05) is 60.7 Å². The molecule has 1 aromatic heterocycles. The Morgan fingerprint density at radius 1 is 0.232 bits per heavy atom. The summed E-state index contributed by atoms with van der Waals surface area (Å²) in [5, 5.41) is 5.05. The van der Waals surface area contributed by atoms with Crippen LogP contribution in [0.15, 0.2) is 200 Å². The molecule has 1 aliphatic carbocycles. The van der Waals surface area contributed by atoms with Crippen LogP contribution in [0.3, 0.4) is 0 Å². The predicted molar refractivity (Wildman–Crippen MR) is 232 cm³/mol. The minimum atomic E-state index is 0.645. The van der Waals surface area contributed by atoms with Gasteiger partial charge in [-0.15, -0.1) is 0 Å². The van der Waals surface area contributed by atoms with Crippen LogP contribution >= 0.6 is 0 Å². The molecule has 3 heteroatoms. The Morgan fingerprint density at radius 2 is 0.714 bits per heavy atom.